The van der Waals surface area contributed by atoms with Crippen molar-refractivity contribution in [2.75, 3.05) is 17.7 Å². The first-order chi connectivity index (χ1) is 15.1. The summed E-state index contributed by atoms with van der Waals surface area (Å²) in [4.78, 5) is 43.9. The van der Waals surface area contributed by atoms with E-state index in [2.05, 4.69) is 35.6 Å². The second-order valence-electron chi connectivity index (χ2n) is 6.55. The Hall–Kier alpha value is -4.67. The number of benzene rings is 1. The number of H-pyrrole nitrogens is 2. The van der Waals surface area contributed by atoms with Gasteiger partial charge in [-0.1, -0.05) is 6.07 Å². The average molecular weight is 416 g/mol. The lowest BCUT2D eigenvalue weighted by Gasteiger charge is -2.04. The minimum absolute atomic E-state index is 0.205. The van der Waals surface area contributed by atoms with Crippen LogP contribution < -0.4 is 15.4 Å². The minimum Gasteiger partial charge on any atom is -0.493 e. The van der Waals surface area contributed by atoms with E-state index in [9.17, 15) is 9.59 Å². The Morgan fingerprint density at radius 3 is 2.74 bits per heavy atom. The highest BCUT2D eigenvalue weighted by atomic mass is 16.5. The van der Waals surface area contributed by atoms with E-state index in [1.54, 1.807) is 47.1 Å². The Morgan fingerprint density at radius 1 is 1.06 bits per heavy atom. The van der Waals surface area contributed by atoms with Crippen LogP contribution in [-0.2, 0) is 0 Å². The Bertz CT molecular complexity index is 1420. The monoisotopic (exact) mass is 416 g/mol. The number of para-hydroxylation sites is 1. The summed E-state index contributed by atoms with van der Waals surface area (Å²) in [6, 6.07) is 8.65. The number of rotatable bonds is 5. The molecule has 0 bridgehead atoms. The van der Waals surface area contributed by atoms with Crippen molar-refractivity contribution in [3.8, 4) is 5.75 Å². The standard InChI is InChI=1S/C20H16N8O3/c1-31-14-6-3-9-28-13(10-23-16(14)28)18(30)27-20-24-12-5-2-4-11(15(12)25-20)17(29)26-19-21-7-8-22-19/h2-10H,1H3,(H2,21,22,26,29)(H2,24,25,27,30). The van der Waals surface area contributed by atoms with Gasteiger partial charge in [-0.25, -0.2) is 15.0 Å². The quantitative estimate of drug-likeness (QED) is 0.347. The highest BCUT2D eigenvalue weighted by Crippen LogP contribution is 2.22. The Labute approximate surface area is 174 Å². The van der Waals surface area contributed by atoms with E-state index in [1.165, 1.54) is 19.5 Å². The fraction of sp³-hybridized carbons (Fsp3) is 0.0500. The van der Waals surface area contributed by atoms with Crippen LogP contribution in [0.25, 0.3) is 16.7 Å². The number of hydrogen-bond acceptors (Lipinski definition) is 6. The number of aromatic nitrogens is 6. The molecule has 0 aliphatic heterocycles. The number of carbonyl (C=O) groups is 2. The molecule has 0 fully saturated rings. The normalized spacial score (nSPS) is 11.0. The highest BCUT2D eigenvalue weighted by Gasteiger charge is 2.18. The van der Waals surface area contributed by atoms with Crippen LogP contribution in [0.3, 0.4) is 0 Å². The smallest absolute Gasteiger partial charge is 0.276 e. The molecule has 5 rings (SSSR count). The molecule has 4 aromatic heterocycles. The number of methoxy groups -OCH3 is 1. The van der Waals surface area contributed by atoms with Gasteiger partial charge in [-0.15, -0.1) is 0 Å². The van der Waals surface area contributed by atoms with Gasteiger partial charge in [0.05, 0.1) is 24.4 Å². The zero-order chi connectivity index (χ0) is 21.4. The van der Waals surface area contributed by atoms with Crippen molar-refractivity contribution in [1.29, 1.82) is 0 Å². The van der Waals surface area contributed by atoms with E-state index in [-0.39, 0.29) is 11.9 Å². The predicted molar refractivity (Wildman–Crippen MR) is 112 cm³/mol. The van der Waals surface area contributed by atoms with E-state index in [0.717, 1.165) is 0 Å². The van der Waals surface area contributed by atoms with Crippen LogP contribution in [0, 0.1) is 0 Å². The first kappa shape index (κ1) is 18.4. The molecule has 0 aliphatic carbocycles. The summed E-state index contributed by atoms with van der Waals surface area (Å²) >= 11 is 0. The maximum absolute atomic E-state index is 12.8. The van der Waals surface area contributed by atoms with Gasteiger partial charge in [0.15, 0.2) is 11.4 Å². The van der Waals surface area contributed by atoms with Crippen LogP contribution in [0.15, 0.2) is 55.1 Å². The van der Waals surface area contributed by atoms with Crippen LogP contribution in [-0.4, -0.2) is 48.2 Å². The summed E-state index contributed by atoms with van der Waals surface area (Å²) < 4.78 is 6.90. The van der Waals surface area contributed by atoms with Crippen LogP contribution in [0.2, 0.25) is 0 Å². The van der Waals surface area contributed by atoms with E-state index < -0.39 is 5.91 Å². The third kappa shape index (κ3) is 3.23. The van der Waals surface area contributed by atoms with Gasteiger partial charge in [0.25, 0.3) is 11.8 Å². The van der Waals surface area contributed by atoms with Crippen LogP contribution in [0.4, 0.5) is 11.9 Å². The van der Waals surface area contributed by atoms with Crippen molar-refractivity contribution in [3.63, 3.8) is 0 Å². The number of carbonyl (C=O) groups excluding carboxylic acids is 2. The molecule has 0 unspecified atom stereocenters. The molecule has 0 saturated heterocycles. The molecule has 0 atom stereocenters. The van der Waals surface area contributed by atoms with Gasteiger partial charge >= 0.3 is 0 Å². The lowest BCUT2D eigenvalue weighted by Crippen LogP contribution is -2.15. The Balaban J connectivity index is 1.44. The maximum atomic E-state index is 12.8. The van der Waals surface area contributed by atoms with Gasteiger partial charge in [0, 0.05) is 18.6 Å². The summed E-state index contributed by atoms with van der Waals surface area (Å²) in [5.41, 5.74) is 2.19. The van der Waals surface area contributed by atoms with Gasteiger partial charge in [-0.2, -0.15) is 0 Å². The van der Waals surface area contributed by atoms with Crippen molar-refractivity contribution in [2.24, 2.45) is 0 Å². The number of nitrogens with zero attached hydrogens (tertiary/aromatic N) is 4. The third-order valence-corrected chi connectivity index (χ3v) is 4.67. The van der Waals surface area contributed by atoms with Crippen molar-refractivity contribution in [2.45, 2.75) is 0 Å². The predicted octanol–water partition coefficient (Wildman–Crippen LogP) is 2.45. The number of imidazole rings is 3. The average Bonchev–Trinajstić information content (AvgIpc) is 3.51. The number of pyridine rings is 1. The van der Waals surface area contributed by atoms with Crippen molar-refractivity contribution in [3.05, 3.63) is 66.4 Å². The molecule has 0 radical (unpaired) electrons. The zero-order valence-electron chi connectivity index (χ0n) is 16.2. The largest absolute Gasteiger partial charge is 0.493 e. The first-order valence-electron chi connectivity index (χ1n) is 9.25. The van der Waals surface area contributed by atoms with Gasteiger partial charge in [-0.3, -0.25) is 24.6 Å². The molecule has 4 heterocycles. The van der Waals surface area contributed by atoms with E-state index in [4.69, 9.17) is 4.74 Å². The molecule has 0 spiro atoms. The first-order valence-corrected chi connectivity index (χ1v) is 9.25. The second-order valence-corrected chi connectivity index (χ2v) is 6.55. The molecule has 0 saturated carbocycles. The zero-order valence-corrected chi connectivity index (χ0v) is 16.2. The van der Waals surface area contributed by atoms with Crippen molar-refractivity contribution >= 4 is 40.4 Å². The molecule has 11 nitrogen and oxygen atoms in total. The molecular formula is C20H16N8O3. The number of ether oxygens (including phenoxy) is 1. The number of amides is 2. The van der Waals surface area contributed by atoms with Gasteiger partial charge in [0.1, 0.15) is 11.2 Å². The summed E-state index contributed by atoms with van der Waals surface area (Å²) in [5.74, 6) is 0.294. The minimum atomic E-state index is -0.415. The van der Waals surface area contributed by atoms with E-state index in [0.29, 0.717) is 39.6 Å². The summed E-state index contributed by atoms with van der Waals surface area (Å²) in [5, 5.41) is 5.38. The molecule has 1 aromatic carbocycles. The van der Waals surface area contributed by atoms with Crippen molar-refractivity contribution < 1.29 is 14.3 Å². The summed E-state index contributed by atoms with van der Waals surface area (Å²) in [6.45, 7) is 0. The molecule has 154 valence electrons. The lowest BCUT2D eigenvalue weighted by atomic mass is 10.2. The number of aromatic amines is 2. The van der Waals surface area contributed by atoms with E-state index in [1.807, 2.05) is 0 Å². The number of nitrogens with one attached hydrogen (secondary N) is 4. The number of fused-ring (bicyclic) bond motifs is 2. The van der Waals surface area contributed by atoms with Crippen LogP contribution in [0.1, 0.15) is 20.8 Å². The summed E-state index contributed by atoms with van der Waals surface area (Å²) in [7, 11) is 1.54. The lowest BCUT2D eigenvalue weighted by molar-refractivity contribution is 0.101. The number of hydrogen-bond donors (Lipinski definition) is 4. The van der Waals surface area contributed by atoms with Gasteiger partial charge in [-0.05, 0) is 24.3 Å². The Kier molecular flexibility index (Phi) is 4.32. The molecule has 0 aliphatic rings. The molecule has 2 amide bonds. The van der Waals surface area contributed by atoms with Crippen LogP contribution in [0.5, 0.6) is 5.75 Å². The SMILES string of the molecule is COc1cccn2c(C(=O)Nc3nc4c(C(=O)Nc5ncc[nH]5)cccc4[nH]3)cnc12. The third-order valence-electron chi connectivity index (χ3n) is 4.67. The fourth-order valence-electron chi connectivity index (χ4n) is 3.27. The highest BCUT2D eigenvalue weighted by molar-refractivity contribution is 6.11. The van der Waals surface area contributed by atoms with Gasteiger partial charge < -0.3 is 14.7 Å². The summed E-state index contributed by atoms with van der Waals surface area (Å²) in [6.07, 6.45) is 6.32. The topological polar surface area (TPSA) is 142 Å². The number of anilines is 2. The molecule has 31 heavy (non-hydrogen) atoms. The molecular weight excluding hydrogens is 400 g/mol. The fourth-order valence-corrected chi connectivity index (χ4v) is 3.27. The molecule has 4 N–H and O–H groups in total. The molecule has 11 heteroatoms. The second kappa shape index (κ2) is 7.30. The van der Waals surface area contributed by atoms with Gasteiger partial charge in [0.2, 0.25) is 11.9 Å². The van der Waals surface area contributed by atoms with Crippen molar-refractivity contribution in [1.82, 2.24) is 29.3 Å². The van der Waals surface area contributed by atoms with E-state index >= 15 is 0 Å². The maximum Gasteiger partial charge on any atom is 0.276 e. The molecule has 5 aromatic rings. The van der Waals surface area contributed by atoms with Crippen LogP contribution >= 0.6 is 0 Å². The Morgan fingerprint density at radius 2 is 1.94 bits per heavy atom.